The first-order valence-corrected chi connectivity index (χ1v) is 12.7. The van der Waals surface area contributed by atoms with Crippen LogP contribution in [0, 0.1) is 0 Å². The molecule has 5 nitrogen and oxygen atoms in total. The van der Waals surface area contributed by atoms with E-state index in [-0.39, 0.29) is 11.9 Å². The molecule has 184 valence electrons. The van der Waals surface area contributed by atoms with Crippen LogP contribution in [0.5, 0.6) is 0 Å². The number of hydrogen-bond acceptors (Lipinski definition) is 3. The maximum Gasteiger partial charge on any atom is 0.270 e. The largest absolute Gasteiger partial charge is 0.340 e. The predicted octanol–water partition coefficient (Wildman–Crippen LogP) is 7.24. The lowest BCUT2D eigenvalue weighted by Crippen LogP contribution is -2.31. The van der Waals surface area contributed by atoms with E-state index in [1.54, 1.807) is 10.6 Å². The number of aromatic nitrogens is 3. The van der Waals surface area contributed by atoms with Crippen molar-refractivity contribution >= 4 is 23.2 Å². The van der Waals surface area contributed by atoms with Crippen molar-refractivity contribution in [1.29, 1.82) is 0 Å². The second-order valence-electron chi connectivity index (χ2n) is 8.90. The normalized spacial score (nSPS) is 11.1. The van der Waals surface area contributed by atoms with Gasteiger partial charge in [0.15, 0.2) is 5.65 Å². The summed E-state index contributed by atoms with van der Waals surface area (Å²) in [5.41, 5.74) is 5.90. The van der Waals surface area contributed by atoms with E-state index in [2.05, 4.69) is 5.32 Å². The Balaban J connectivity index is 1.49. The minimum Gasteiger partial charge on any atom is -0.340 e. The van der Waals surface area contributed by atoms with Gasteiger partial charge in [-0.05, 0) is 23.3 Å². The molecule has 0 aliphatic carbocycles. The van der Waals surface area contributed by atoms with Crippen LogP contribution in [0.15, 0.2) is 127 Å². The maximum absolute atomic E-state index is 14.0. The van der Waals surface area contributed by atoms with Crippen molar-refractivity contribution in [3.8, 4) is 22.5 Å². The number of carbonyl (C=O) groups is 1. The van der Waals surface area contributed by atoms with Gasteiger partial charge in [0.2, 0.25) is 0 Å². The standard InChI is InChI=1S/C32H23ClN4O/c33-26-19-11-10-18-25(26)28-20-29(37-30(34-28)21-27(36-37)22-12-4-1-5-13-22)32(38)35-31(23-14-6-2-7-15-23)24-16-8-3-9-17-24/h1-21,31H,(H,35,38). The Labute approximate surface area is 225 Å². The topological polar surface area (TPSA) is 59.3 Å². The zero-order valence-electron chi connectivity index (χ0n) is 20.3. The van der Waals surface area contributed by atoms with E-state index >= 15 is 0 Å². The van der Waals surface area contributed by atoms with Crippen molar-refractivity contribution in [3.63, 3.8) is 0 Å². The average Bonchev–Trinajstić information content (AvgIpc) is 3.41. The fourth-order valence-corrected chi connectivity index (χ4v) is 4.78. The third-order valence-corrected chi connectivity index (χ3v) is 6.75. The fourth-order valence-electron chi connectivity index (χ4n) is 4.55. The smallest absolute Gasteiger partial charge is 0.270 e. The Bertz CT molecular complexity index is 1680. The van der Waals surface area contributed by atoms with Crippen molar-refractivity contribution in [2.24, 2.45) is 0 Å². The zero-order chi connectivity index (χ0) is 25.9. The zero-order valence-corrected chi connectivity index (χ0v) is 21.1. The molecule has 2 heterocycles. The summed E-state index contributed by atoms with van der Waals surface area (Å²) in [5.74, 6) is -0.272. The van der Waals surface area contributed by atoms with Gasteiger partial charge in [0, 0.05) is 22.2 Å². The number of amides is 1. The van der Waals surface area contributed by atoms with Gasteiger partial charge in [0.25, 0.3) is 5.91 Å². The maximum atomic E-state index is 14.0. The molecule has 0 bridgehead atoms. The van der Waals surface area contributed by atoms with Crippen molar-refractivity contribution in [2.45, 2.75) is 6.04 Å². The molecule has 38 heavy (non-hydrogen) atoms. The van der Waals surface area contributed by atoms with Crippen molar-refractivity contribution in [3.05, 3.63) is 149 Å². The fraction of sp³-hybridized carbons (Fsp3) is 0.0312. The lowest BCUT2D eigenvalue weighted by atomic mass is 9.98. The molecule has 0 atom stereocenters. The Morgan fingerprint density at radius 1 is 0.711 bits per heavy atom. The minimum atomic E-state index is -0.346. The second kappa shape index (κ2) is 10.3. The number of halogens is 1. The minimum absolute atomic E-state index is 0.272. The van der Waals surface area contributed by atoms with Crippen LogP contribution in [0.25, 0.3) is 28.2 Å². The Kier molecular flexibility index (Phi) is 6.42. The number of rotatable bonds is 6. The van der Waals surface area contributed by atoms with E-state index in [0.717, 1.165) is 27.9 Å². The molecule has 0 spiro atoms. The highest BCUT2D eigenvalue weighted by Crippen LogP contribution is 2.29. The molecule has 0 unspecified atom stereocenters. The SMILES string of the molecule is O=C(NC(c1ccccc1)c1ccccc1)c1cc(-c2ccccc2Cl)nc2cc(-c3ccccc3)nn12. The summed E-state index contributed by atoms with van der Waals surface area (Å²) in [6.07, 6.45) is 0. The van der Waals surface area contributed by atoms with E-state index in [1.165, 1.54) is 0 Å². The molecule has 4 aromatic carbocycles. The van der Waals surface area contributed by atoms with E-state index in [4.69, 9.17) is 21.7 Å². The third kappa shape index (κ3) is 4.67. The van der Waals surface area contributed by atoms with Gasteiger partial charge in [-0.2, -0.15) is 5.10 Å². The molecule has 0 aliphatic heterocycles. The quantitative estimate of drug-likeness (QED) is 0.255. The summed E-state index contributed by atoms with van der Waals surface area (Å²) in [4.78, 5) is 18.8. The summed E-state index contributed by atoms with van der Waals surface area (Å²) in [5, 5.41) is 8.57. The van der Waals surface area contributed by atoms with Crippen LogP contribution in [0.4, 0.5) is 0 Å². The molecule has 0 aliphatic rings. The van der Waals surface area contributed by atoms with Gasteiger partial charge in [-0.3, -0.25) is 4.79 Å². The van der Waals surface area contributed by atoms with E-state index in [1.807, 2.05) is 121 Å². The molecular formula is C32H23ClN4O. The van der Waals surface area contributed by atoms with Crippen molar-refractivity contribution in [1.82, 2.24) is 19.9 Å². The van der Waals surface area contributed by atoms with Crippen molar-refractivity contribution in [2.75, 3.05) is 0 Å². The van der Waals surface area contributed by atoms with Gasteiger partial charge in [0.05, 0.1) is 17.4 Å². The van der Waals surface area contributed by atoms with Crippen LogP contribution < -0.4 is 5.32 Å². The Hall–Kier alpha value is -4.74. The van der Waals surface area contributed by atoms with Crippen LogP contribution >= 0.6 is 11.6 Å². The second-order valence-corrected chi connectivity index (χ2v) is 9.31. The van der Waals surface area contributed by atoms with Gasteiger partial charge in [-0.15, -0.1) is 0 Å². The molecule has 6 aromatic rings. The molecule has 1 N–H and O–H groups in total. The summed E-state index contributed by atoms with van der Waals surface area (Å²) < 4.78 is 1.60. The Morgan fingerprint density at radius 2 is 1.29 bits per heavy atom. The highest BCUT2D eigenvalue weighted by atomic mass is 35.5. The third-order valence-electron chi connectivity index (χ3n) is 6.42. The molecule has 0 radical (unpaired) electrons. The van der Waals surface area contributed by atoms with Gasteiger partial charge in [-0.1, -0.05) is 121 Å². The molecule has 0 fully saturated rings. The first-order chi connectivity index (χ1) is 18.7. The van der Waals surface area contributed by atoms with Crippen LogP contribution in [-0.2, 0) is 0 Å². The first kappa shape index (κ1) is 23.6. The molecule has 6 rings (SSSR count). The van der Waals surface area contributed by atoms with Gasteiger partial charge in [0.1, 0.15) is 5.69 Å². The summed E-state index contributed by atoms with van der Waals surface area (Å²) >= 11 is 6.52. The molecule has 2 aromatic heterocycles. The monoisotopic (exact) mass is 514 g/mol. The van der Waals surface area contributed by atoms with Crippen LogP contribution in [0.1, 0.15) is 27.7 Å². The van der Waals surface area contributed by atoms with Gasteiger partial charge < -0.3 is 5.32 Å². The summed E-state index contributed by atoms with van der Waals surface area (Å²) in [6, 6.07) is 40.5. The van der Waals surface area contributed by atoms with Crippen LogP contribution in [0.2, 0.25) is 5.02 Å². The number of hydrogen-bond donors (Lipinski definition) is 1. The molecule has 0 saturated carbocycles. The summed E-state index contributed by atoms with van der Waals surface area (Å²) in [6.45, 7) is 0. The van der Waals surface area contributed by atoms with Crippen LogP contribution in [0.3, 0.4) is 0 Å². The van der Waals surface area contributed by atoms with Crippen LogP contribution in [-0.4, -0.2) is 20.5 Å². The number of nitrogens with one attached hydrogen (secondary N) is 1. The number of carbonyl (C=O) groups excluding carboxylic acids is 1. The number of benzene rings is 4. The van der Waals surface area contributed by atoms with Crippen molar-refractivity contribution < 1.29 is 4.79 Å². The molecule has 0 saturated heterocycles. The molecule has 1 amide bonds. The molecule has 6 heteroatoms. The lowest BCUT2D eigenvalue weighted by Gasteiger charge is -2.20. The highest BCUT2D eigenvalue weighted by Gasteiger charge is 2.22. The summed E-state index contributed by atoms with van der Waals surface area (Å²) in [7, 11) is 0. The Morgan fingerprint density at radius 3 is 1.92 bits per heavy atom. The van der Waals surface area contributed by atoms with E-state index in [0.29, 0.717) is 22.1 Å². The average molecular weight is 515 g/mol. The predicted molar refractivity (Wildman–Crippen MR) is 151 cm³/mol. The first-order valence-electron chi connectivity index (χ1n) is 12.3. The number of nitrogens with zero attached hydrogens (tertiary/aromatic N) is 3. The molecular weight excluding hydrogens is 492 g/mol. The highest BCUT2D eigenvalue weighted by molar-refractivity contribution is 6.33. The van der Waals surface area contributed by atoms with Gasteiger partial charge >= 0.3 is 0 Å². The number of fused-ring (bicyclic) bond motifs is 1. The van der Waals surface area contributed by atoms with E-state index < -0.39 is 0 Å². The van der Waals surface area contributed by atoms with E-state index in [9.17, 15) is 4.79 Å². The lowest BCUT2D eigenvalue weighted by molar-refractivity contribution is 0.0935. The van der Waals surface area contributed by atoms with Gasteiger partial charge in [-0.25, -0.2) is 9.50 Å².